The molecule has 2 atom stereocenters. The molecule has 0 amide bonds. The monoisotopic (exact) mass is 306 g/mol. The molecule has 1 heterocycles. The van der Waals surface area contributed by atoms with E-state index in [0.717, 1.165) is 6.29 Å². The SMILES string of the molecule is C=Cc1c(OCOC)ccc(C2=NNC(C=O)CC2C)c1F. The fourth-order valence-corrected chi connectivity index (χ4v) is 2.43. The molecular weight excluding hydrogens is 287 g/mol. The molecule has 0 spiro atoms. The zero-order valence-electron chi connectivity index (χ0n) is 12.6. The van der Waals surface area contributed by atoms with E-state index < -0.39 is 5.82 Å². The van der Waals surface area contributed by atoms with Gasteiger partial charge in [-0.3, -0.25) is 5.43 Å². The van der Waals surface area contributed by atoms with Gasteiger partial charge in [-0.1, -0.05) is 19.6 Å². The van der Waals surface area contributed by atoms with Gasteiger partial charge in [-0.05, 0) is 18.6 Å². The Labute approximate surface area is 128 Å². The number of carbonyl (C=O) groups excluding carboxylic acids is 1. The standard InChI is InChI=1S/C16H19FN2O3/c1-4-12-14(22-9-21-3)6-5-13(15(12)17)16-10(2)7-11(8-20)18-19-16/h4-6,8,10-11,18H,1,7,9H2,2-3H3. The second kappa shape index (κ2) is 7.17. The van der Waals surface area contributed by atoms with Crippen LogP contribution in [0, 0.1) is 11.7 Å². The molecule has 1 aliphatic heterocycles. The molecule has 5 nitrogen and oxygen atoms in total. The van der Waals surface area contributed by atoms with E-state index in [1.54, 1.807) is 12.1 Å². The molecule has 2 rings (SSSR count). The number of hydrogen-bond acceptors (Lipinski definition) is 5. The third kappa shape index (κ3) is 3.17. The van der Waals surface area contributed by atoms with Gasteiger partial charge in [0, 0.05) is 18.6 Å². The van der Waals surface area contributed by atoms with Gasteiger partial charge in [0.25, 0.3) is 0 Å². The van der Waals surface area contributed by atoms with Crippen LogP contribution in [0.1, 0.15) is 24.5 Å². The largest absolute Gasteiger partial charge is 0.467 e. The van der Waals surface area contributed by atoms with Crippen molar-refractivity contribution in [2.24, 2.45) is 11.0 Å². The van der Waals surface area contributed by atoms with Gasteiger partial charge < -0.3 is 14.3 Å². The molecule has 22 heavy (non-hydrogen) atoms. The fourth-order valence-electron chi connectivity index (χ4n) is 2.43. The second-order valence-corrected chi connectivity index (χ2v) is 5.10. The number of benzene rings is 1. The highest BCUT2D eigenvalue weighted by Crippen LogP contribution is 2.29. The zero-order chi connectivity index (χ0) is 16.1. The summed E-state index contributed by atoms with van der Waals surface area (Å²) in [7, 11) is 1.49. The highest BCUT2D eigenvalue weighted by Gasteiger charge is 2.26. The van der Waals surface area contributed by atoms with Crippen molar-refractivity contribution >= 4 is 18.1 Å². The van der Waals surface area contributed by atoms with Crippen molar-refractivity contribution in [3.05, 3.63) is 35.7 Å². The Bertz CT molecular complexity index is 601. The molecule has 0 bridgehead atoms. The molecule has 0 fully saturated rings. The van der Waals surface area contributed by atoms with Crippen LogP contribution in [0.15, 0.2) is 23.8 Å². The molecule has 0 saturated heterocycles. The van der Waals surface area contributed by atoms with Crippen LogP contribution in [0.25, 0.3) is 6.08 Å². The first-order valence-corrected chi connectivity index (χ1v) is 6.97. The lowest BCUT2D eigenvalue weighted by Gasteiger charge is -2.25. The third-order valence-corrected chi connectivity index (χ3v) is 3.54. The molecule has 6 heteroatoms. The van der Waals surface area contributed by atoms with Gasteiger partial charge in [0.05, 0.1) is 17.3 Å². The van der Waals surface area contributed by atoms with Crippen molar-refractivity contribution in [3.8, 4) is 5.75 Å². The summed E-state index contributed by atoms with van der Waals surface area (Å²) in [5.74, 6) is -0.115. The van der Waals surface area contributed by atoms with E-state index in [9.17, 15) is 9.18 Å². The number of nitrogens with one attached hydrogen (secondary N) is 1. The molecular formula is C16H19FN2O3. The molecule has 1 aromatic carbocycles. The Hall–Kier alpha value is -2.21. The average Bonchev–Trinajstić information content (AvgIpc) is 2.53. The quantitative estimate of drug-likeness (QED) is 0.647. The van der Waals surface area contributed by atoms with Crippen molar-refractivity contribution in [1.29, 1.82) is 0 Å². The predicted octanol–water partition coefficient (Wildman–Crippen LogP) is 2.35. The Morgan fingerprint density at radius 1 is 1.55 bits per heavy atom. The van der Waals surface area contributed by atoms with Gasteiger partial charge in [-0.25, -0.2) is 4.39 Å². The first-order chi connectivity index (χ1) is 10.6. The van der Waals surface area contributed by atoms with Crippen molar-refractivity contribution < 1.29 is 18.7 Å². The topological polar surface area (TPSA) is 59.9 Å². The van der Waals surface area contributed by atoms with Crippen LogP contribution in [-0.2, 0) is 9.53 Å². The van der Waals surface area contributed by atoms with E-state index in [0.29, 0.717) is 23.4 Å². The van der Waals surface area contributed by atoms with Crippen LogP contribution in [0.4, 0.5) is 4.39 Å². The van der Waals surface area contributed by atoms with Crippen molar-refractivity contribution in [2.75, 3.05) is 13.9 Å². The molecule has 1 aromatic rings. The lowest BCUT2D eigenvalue weighted by Crippen LogP contribution is -2.37. The van der Waals surface area contributed by atoms with Crippen LogP contribution >= 0.6 is 0 Å². The summed E-state index contributed by atoms with van der Waals surface area (Å²) in [6.45, 7) is 5.57. The maximum absolute atomic E-state index is 14.7. The van der Waals surface area contributed by atoms with Crippen molar-refractivity contribution in [1.82, 2.24) is 5.43 Å². The number of methoxy groups -OCH3 is 1. The lowest BCUT2D eigenvalue weighted by atomic mass is 9.90. The normalized spacial score (nSPS) is 20.8. The van der Waals surface area contributed by atoms with E-state index >= 15 is 0 Å². The van der Waals surface area contributed by atoms with Gasteiger partial charge in [-0.15, -0.1) is 0 Å². The lowest BCUT2D eigenvalue weighted by molar-refractivity contribution is -0.109. The van der Waals surface area contributed by atoms with Gasteiger partial charge in [-0.2, -0.15) is 5.10 Å². The Morgan fingerprint density at radius 2 is 2.32 bits per heavy atom. The zero-order valence-corrected chi connectivity index (χ0v) is 12.6. The molecule has 0 saturated carbocycles. The van der Waals surface area contributed by atoms with E-state index in [4.69, 9.17) is 9.47 Å². The second-order valence-electron chi connectivity index (χ2n) is 5.10. The Balaban J connectivity index is 2.38. The first-order valence-electron chi connectivity index (χ1n) is 6.97. The summed E-state index contributed by atoms with van der Waals surface area (Å²) >= 11 is 0. The van der Waals surface area contributed by atoms with Gasteiger partial charge in [0.2, 0.25) is 0 Å². The van der Waals surface area contributed by atoms with E-state index in [2.05, 4.69) is 17.1 Å². The van der Waals surface area contributed by atoms with Crippen LogP contribution in [0.3, 0.4) is 0 Å². The molecule has 1 N–H and O–H groups in total. The smallest absolute Gasteiger partial charge is 0.188 e. The van der Waals surface area contributed by atoms with Gasteiger partial charge in [0.1, 0.15) is 17.9 Å². The summed E-state index contributed by atoms with van der Waals surface area (Å²) in [4.78, 5) is 10.8. The average molecular weight is 306 g/mol. The van der Waals surface area contributed by atoms with Crippen molar-refractivity contribution in [3.63, 3.8) is 0 Å². The highest BCUT2D eigenvalue weighted by atomic mass is 19.1. The fraction of sp³-hybridized carbons (Fsp3) is 0.375. The maximum Gasteiger partial charge on any atom is 0.188 e. The number of nitrogens with zero attached hydrogens (tertiary/aromatic N) is 1. The van der Waals surface area contributed by atoms with E-state index in [1.807, 2.05) is 6.92 Å². The third-order valence-electron chi connectivity index (χ3n) is 3.54. The first kappa shape index (κ1) is 16.2. The Morgan fingerprint density at radius 3 is 2.91 bits per heavy atom. The van der Waals surface area contributed by atoms with Crippen molar-refractivity contribution in [2.45, 2.75) is 19.4 Å². The summed E-state index contributed by atoms with van der Waals surface area (Å²) in [5, 5.41) is 4.16. The number of carbonyl (C=O) groups is 1. The molecule has 0 aliphatic carbocycles. The molecule has 0 radical (unpaired) electrons. The number of rotatable bonds is 6. The number of hydrazone groups is 1. The number of hydrogen-bond donors (Lipinski definition) is 1. The van der Waals surface area contributed by atoms with Crippen LogP contribution in [0.2, 0.25) is 0 Å². The van der Waals surface area contributed by atoms with E-state index in [-0.39, 0.29) is 24.3 Å². The minimum atomic E-state index is -0.444. The summed E-state index contributed by atoms with van der Waals surface area (Å²) in [6.07, 6.45) is 2.79. The molecule has 2 unspecified atom stereocenters. The highest BCUT2D eigenvalue weighted by molar-refractivity contribution is 6.03. The minimum absolute atomic E-state index is 0.0273. The molecule has 1 aliphatic rings. The predicted molar refractivity (Wildman–Crippen MR) is 82.3 cm³/mol. The number of aldehydes is 1. The summed E-state index contributed by atoms with van der Waals surface area (Å²) in [6, 6.07) is 2.95. The van der Waals surface area contributed by atoms with Crippen LogP contribution in [-0.4, -0.2) is 31.9 Å². The summed E-state index contributed by atoms with van der Waals surface area (Å²) in [5.41, 5.74) is 3.96. The van der Waals surface area contributed by atoms with Crippen LogP contribution in [0.5, 0.6) is 5.75 Å². The Kier molecular flexibility index (Phi) is 5.27. The summed E-state index contributed by atoms with van der Waals surface area (Å²) < 4.78 is 24.9. The van der Waals surface area contributed by atoms with E-state index in [1.165, 1.54) is 13.2 Å². The number of halogens is 1. The van der Waals surface area contributed by atoms with Crippen LogP contribution < -0.4 is 10.2 Å². The van der Waals surface area contributed by atoms with Gasteiger partial charge >= 0.3 is 0 Å². The van der Waals surface area contributed by atoms with Gasteiger partial charge in [0.15, 0.2) is 6.79 Å². The number of ether oxygens (including phenoxy) is 2. The maximum atomic E-state index is 14.7. The minimum Gasteiger partial charge on any atom is -0.467 e. The molecule has 0 aromatic heterocycles. The molecule has 118 valence electrons.